The minimum Gasteiger partial charge on any atom is -0.390 e. The fourth-order valence-electron chi connectivity index (χ4n) is 7.28. The summed E-state index contributed by atoms with van der Waals surface area (Å²) in [6.07, 6.45) is 8.48. The van der Waals surface area contributed by atoms with E-state index in [1.54, 1.807) is 0 Å². The molecule has 2 atom stereocenters. The molecule has 2 aliphatic carbocycles. The molecule has 36 heavy (non-hydrogen) atoms. The molecule has 0 bridgehead atoms. The number of likely N-dealkylation sites (tertiary alicyclic amines) is 1. The van der Waals surface area contributed by atoms with Gasteiger partial charge in [0.25, 0.3) is 0 Å². The van der Waals surface area contributed by atoms with Gasteiger partial charge in [0.15, 0.2) is 0 Å². The van der Waals surface area contributed by atoms with Gasteiger partial charge in [0.2, 0.25) is 11.8 Å². The summed E-state index contributed by atoms with van der Waals surface area (Å²) in [7, 11) is 4.36. The average molecular weight is 498 g/mol. The normalized spacial score (nSPS) is 32.9. The molecule has 3 aliphatic rings. The Labute approximate surface area is 217 Å². The lowest BCUT2D eigenvalue weighted by atomic mass is 9.60. The van der Waals surface area contributed by atoms with Crippen LogP contribution in [-0.4, -0.2) is 59.5 Å². The molecule has 0 aromatic heterocycles. The molecular formula is C30H47N3O3. The summed E-state index contributed by atoms with van der Waals surface area (Å²) in [5.74, 6) is -0.289. The van der Waals surface area contributed by atoms with E-state index in [1.807, 2.05) is 25.7 Å². The van der Waals surface area contributed by atoms with Gasteiger partial charge in [0.05, 0.1) is 11.0 Å². The fraction of sp³-hybridized carbons (Fsp3) is 0.733. The largest absolute Gasteiger partial charge is 0.390 e. The van der Waals surface area contributed by atoms with Gasteiger partial charge in [-0.05, 0) is 103 Å². The van der Waals surface area contributed by atoms with Crippen LogP contribution in [0.4, 0.5) is 0 Å². The Morgan fingerprint density at radius 1 is 1.11 bits per heavy atom. The van der Waals surface area contributed by atoms with Gasteiger partial charge in [-0.2, -0.15) is 0 Å². The first-order valence-electron chi connectivity index (χ1n) is 13.9. The maximum Gasteiger partial charge on any atom is 0.225 e. The molecule has 3 fully saturated rings. The highest BCUT2D eigenvalue weighted by atomic mass is 16.3. The van der Waals surface area contributed by atoms with Gasteiger partial charge in [-0.15, -0.1) is 0 Å². The van der Waals surface area contributed by atoms with Crippen molar-refractivity contribution >= 4 is 11.8 Å². The number of carbonyl (C=O) groups is 2. The minimum absolute atomic E-state index is 0.0204. The number of primary amides is 1. The van der Waals surface area contributed by atoms with Crippen molar-refractivity contribution in [3.05, 3.63) is 35.9 Å². The minimum atomic E-state index is -0.783. The second-order valence-electron chi connectivity index (χ2n) is 13.3. The number of carbonyl (C=O) groups excluding carboxylic acids is 2. The predicted octanol–water partition coefficient (Wildman–Crippen LogP) is 4.31. The van der Waals surface area contributed by atoms with Gasteiger partial charge in [0.1, 0.15) is 0 Å². The van der Waals surface area contributed by atoms with E-state index in [1.165, 1.54) is 5.56 Å². The maximum absolute atomic E-state index is 13.8. The second kappa shape index (κ2) is 9.75. The molecule has 3 N–H and O–H groups in total. The molecule has 2 amide bonds. The fourth-order valence-corrected chi connectivity index (χ4v) is 7.28. The molecule has 1 spiro atoms. The number of hydrogen-bond acceptors (Lipinski definition) is 4. The summed E-state index contributed by atoms with van der Waals surface area (Å²) in [5, 5.41) is 11.1. The molecule has 0 radical (unpaired) electrons. The number of amides is 2. The molecule has 2 unspecified atom stereocenters. The van der Waals surface area contributed by atoms with Crippen LogP contribution in [0.1, 0.15) is 84.1 Å². The lowest BCUT2D eigenvalue weighted by Crippen LogP contribution is -2.52. The maximum atomic E-state index is 13.8. The van der Waals surface area contributed by atoms with E-state index in [2.05, 4.69) is 49.3 Å². The highest BCUT2D eigenvalue weighted by Crippen LogP contribution is 2.54. The summed E-state index contributed by atoms with van der Waals surface area (Å²) < 4.78 is 0. The smallest absolute Gasteiger partial charge is 0.225 e. The molecule has 4 rings (SSSR count). The monoisotopic (exact) mass is 497 g/mol. The zero-order valence-corrected chi connectivity index (χ0v) is 23.1. The standard InChI is InChI=1S/C30H47N3O3/c1-22-23(19-29(36)12-9-13-29)18-28(21-33(25(22)34)20-27(2,3)26(31)35)14-16-30(17-15-28,32(4)5)24-10-7-6-8-11-24/h6-8,10-11,22-23,36H,9,12-21H2,1-5H3,(H2,31,35). The van der Waals surface area contributed by atoms with Gasteiger partial charge in [-0.3, -0.25) is 14.5 Å². The summed E-state index contributed by atoms with van der Waals surface area (Å²) in [6.45, 7) is 6.73. The van der Waals surface area contributed by atoms with E-state index >= 15 is 0 Å². The number of hydrogen-bond donors (Lipinski definition) is 2. The van der Waals surface area contributed by atoms with Gasteiger partial charge in [-0.1, -0.05) is 37.3 Å². The van der Waals surface area contributed by atoms with Crippen LogP contribution in [0.3, 0.4) is 0 Å². The van der Waals surface area contributed by atoms with Crippen molar-refractivity contribution < 1.29 is 14.7 Å². The van der Waals surface area contributed by atoms with Crippen molar-refractivity contribution in [3.8, 4) is 0 Å². The van der Waals surface area contributed by atoms with E-state index in [0.717, 1.165) is 51.4 Å². The Morgan fingerprint density at radius 3 is 2.22 bits per heavy atom. The Kier molecular flexibility index (Phi) is 7.35. The number of aliphatic hydroxyl groups is 1. The summed E-state index contributed by atoms with van der Waals surface area (Å²) in [6, 6.07) is 10.8. The second-order valence-corrected chi connectivity index (χ2v) is 13.3. The van der Waals surface area contributed by atoms with Crippen molar-refractivity contribution in [1.29, 1.82) is 0 Å². The van der Waals surface area contributed by atoms with Gasteiger partial charge < -0.3 is 15.7 Å². The first-order chi connectivity index (χ1) is 16.8. The Balaban J connectivity index is 1.65. The molecule has 200 valence electrons. The van der Waals surface area contributed by atoms with Crippen LogP contribution in [0.5, 0.6) is 0 Å². The molecule has 1 saturated heterocycles. The predicted molar refractivity (Wildman–Crippen MR) is 143 cm³/mol. The summed E-state index contributed by atoms with van der Waals surface area (Å²) in [4.78, 5) is 30.3. The van der Waals surface area contributed by atoms with Crippen molar-refractivity contribution in [2.24, 2.45) is 28.4 Å². The van der Waals surface area contributed by atoms with Crippen LogP contribution >= 0.6 is 0 Å². The molecule has 1 aromatic rings. The van der Waals surface area contributed by atoms with Crippen molar-refractivity contribution in [2.45, 2.75) is 89.7 Å². The van der Waals surface area contributed by atoms with Crippen molar-refractivity contribution in [2.75, 3.05) is 27.2 Å². The zero-order valence-electron chi connectivity index (χ0n) is 23.1. The highest BCUT2D eigenvalue weighted by Gasteiger charge is 2.52. The lowest BCUT2D eigenvalue weighted by molar-refractivity contribution is -0.140. The first kappa shape index (κ1) is 27.1. The quantitative estimate of drug-likeness (QED) is 0.588. The highest BCUT2D eigenvalue weighted by molar-refractivity contribution is 5.83. The number of nitrogens with two attached hydrogens (primary N) is 1. The topological polar surface area (TPSA) is 86.9 Å². The van der Waals surface area contributed by atoms with Gasteiger partial charge in [-0.25, -0.2) is 0 Å². The van der Waals surface area contributed by atoms with Crippen LogP contribution < -0.4 is 5.73 Å². The number of rotatable bonds is 7. The van der Waals surface area contributed by atoms with Crippen LogP contribution in [-0.2, 0) is 15.1 Å². The van der Waals surface area contributed by atoms with Crippen LogP contribution in [0, 0.1) is 22.7 Å². The van der Waals surface area contributed by atoms with E-state index in [-0.39, 0.29) is 34.6 Å². The molecular weight excluding hydrogens is 450 g/mol. The third-order valence-corrected chi connectivity index (χ3v) is 10.1. The van der Waals surface area contributed by atoms with E-state index < -0.39 is 11.0 Å². The number of benzene rings is 1. The third kappa shape index (κ3) is 5.08. The van der Waals surface area contributed by atoms with E-state index in [4.69, 9.17) is 5.73 Å². The van der Waals surface area contributed by atoms with Gasteiger partial charge >= 0.3 is 0 Å². The molecule has 6 nitrogen and oxygen atoms in total. The molecule has 2 saturated carbocycles. The summed E-state index contributed by atoms with van der Waals surface area (Å²) in [5.41, 5.74) is 5.65. The van der Waals surface area contributed by atoms with Gasteiger partial charge in [0, 0.05) is 24.5 Å². The number of nitrogens with zero attached hydrogens (tertiary/aromatic N) is 2. The van der Waals surface area contributed by atoms with Crippen LogP contribution in [0.25, 0.3) is 0 Å². The van der Waals surface area contributed by atoms with Crippen molar-refractivity contribution in [3.63, 3.8) is 0 Å². The molecule has 6 heteroatoms. The van der Waals surface area contributed by atoms with E-state index in [9.17, 15) is 14.7 Å². The molecule has 1 heterocycles. The zero-order chi connectivity index (χ0) is 26.4. The van der Waals surface area contributed by atoms with Crippen LogP contribution in [0.2, 0.25) is 0 Å². The summed E-state index contributed by atoms with van der Waals surface area (Å²) >= 11 is 0. The Hall–Kier alpha value is -1.92. The SMILES string of the molecule is CC1C(=O)N(CC(C)(C)C(N)=O)CC2(CCC(c3ccccc3)(N(C)C)CC2)CC1CC1(O)CCC1. The molecule has 1 aliphatic heterocycles. The first-order valence-corrected chi connectivity index (χ1v) is 13.9. The Bertz CT molecular complexity index is 945. The molecule has 1 aromatic carbocycles. The van der Waals surface area contributed by atoms with Crippen LogP contribution in [0.15, 0.2) is 30.3 Å². The lowest BCUT2D eigenvalue weighted by Gasteiger charge is -2.51. The van der Waals surface area contributed by atoms with Crippen molar-refractivity contribution in [1.82, 2.24) is 9.80 Å². The average Bonchev–Trinajstić information content (AvgIpc) is 2.90. The van der Waals surface area contributed by atoms with E-state index in [0.29, 0.717) is 19.5 Å². The Morgan fingerprint density at radius 2 is 1.72 bits per heavy atom. The third-order valence-electron chi connectivity index (χ3n) is 10.1.